The molecule has 1 aromatic rings. The molecule has 2 N–H and O–H groups in total. The van der Waals surface area contributed by atoms with E-state index in [2.05, 4.69) is 11.8 Å². The average Bonchev–Trinajstić information content (AvgIpc) is 2.52. The number of hydrogen-bond donors (Lipinski definition) is 1. The van der Waals surface area contributed by atoms with Gasteiger partial charge in [-0.15, -0.1) is 0 Å². The zero-order valence-electron chi connectivity index (χ0n) is 12.9. The van der Waals surface area contributed by atoms with E-state index >= 15 is 0 Å². The normalized spacial score (nSPS) is 18.5. The Hall–Kier alpha value is -1.71. The molecule has 0 spiro atoms. The predicted octanol–water partition coefficient (Wildman–Crippen LogP) is 3.22. The molecule has 1 aliphatic rings. The Morgan fingerprint density at radius 1 is 1.38 bits per heavy atom. The SMILES string of the molecule is CCC1CCCCN1C(=O)CCCOc1ccccc1N. The van der Waals surface area contributed by atoms with Gasteiger partial charge >= 0.3 is 0 Å². The molecular formula is C17H26N2O2. The molecule has 21 heavy (non-hydrogen) atoms. The van der Waals surface area contributed by atoms with Gasteiger partial charge in [0.25, 0.3) is 0 Å². The molecule has 1 unspecified atom stereocenters. The summed E-state index contributed by atoms with van der Waals surface area (Å²) in [5.74, 6) is 0.973. The average molecular weight is 290 g/mol. The molecule has 1 heterocycles. The number of hydrogen-bond acceptors (Lipinski definition) is 3. The van der Waals surface area contributed by atoms with Gasteiger partial charge in [-0.1, -0.05) is 19.1 Å². The van der Waals surface area contributed by atoms with Crippen molar-refractivity contribution in [1.29, 1.82) is 0 Å². The van der Waals surface area contributed by atoms with Gasteiger partial charge in [0.2, 0.25) is 5.91 Å². The molecule has 4 nitrogen and oxygen atoms in total. The quantitative estimate of drug-likeness (QED) is 0.646. The van der Waals surface area contributed by atoms with Crippen molar-refractivity contribution in [2.24, 2.45) is 0 Å². The second-order valence-corrected chi connectivity index (χ2v) is 5.63. The summed E-state index contributed by atoms with van der Waals surface area (Å²) in [5.41, 5.74) is 6.46. The van der Waals surface area contributed by atoms with E-state index in [-0.39, 0.29) is 5.91 Å². The standard InChI is InChI=1S/C17H26N2O2/c1-2-14-8-5-6-12-19(14)17(20)11-7-13-21-16-10-4-3-9-15(16)18/h3-4,9-10,14H,2,5-8,11-13,18H2,1H3. The van der Waals surface area contributed by atoms with Crippen LogP contribution in [0.25, 0.3) is 0 Å². The lowest BCUT2D eigenvalue weighted by atomic mass is 9.99. The van der Waals surface area contributed by atoms with E-state index < -0.39 is 0 Å². The first-order valence-corrected chi connectivity index (χ1v) is 7.99. The highest BCUT2D eigenvalue weighted by atomic mass is 16.5. The largest absolute Gasteiger partial charge is 0.491 e. The lowest BCUT2D eigenvalue weighted by Crippen LogP contribution is -2.43. The first-order chi connectivity index (χ1) is 10.2. The minimum Gasteiger partial charge on any atom is -0.491 e. The smallest absolute Gasteiger partial charge is 0.222 e. The number of carbonyl (C=O) groups excluding carboxylic acids is 1. The molecule has 0 aromatic heterocycles. The van der Waals surface area contributed by atoms with E-state index in [1.165, 1.54) is 6.42 Å². The van der Waals surface area contributed by atoms with Crippen LogP contribution in [0.15, 0.2) is 24.3 Å². The number of benzene rings is 1. The summed E-state index contributed by atoms with van der Waals surface area (Å²) < 4.78 is 5.63. The minimum atomic E-state index is 0.270. The lowest BCUT2D eigenvalue weighted by molar-refractivity contribution is -0.135. The van der Waals surface area contributed by atoms with Gasteiger partial charge in [-0.05, 0) is 44.2 Å². The van der Waals surface area contributed by atoms with Crippen molar-refractivity contribution >= 4 is 11.6 Å². The molecule has 1 amide bonds. The highest BCUT2D eigenvalue weighted by Crippen LogP contribution is 2.22. The van der Waals surface area contributed by atoms with Crippen molar-refractivity contribution < 1.29 is 9.53 Å². The van der Waals surface area contributed by atoms with Gasteiger partial charge in [-0.2, -0.15) is 0 Å². The Bertz CT molecular complexity index is 462. The number of anilines is 1. The summed E-state index contributed by atoms with van der Waals surface area (Å²) in [6.45, 7) is 3.62. The van der Waals surface area contributed by atoms with Gasteiger partial charge in [-0.25, -0.2) is 0 Å². The number of rotatable bonds is 6. The van der Waals surface area contributed by atoms with E-state index in [0.717, 1.165) is 32.2 Å². The molecule has 1 atom stereocenters. The minimum absolute atomic E-state index is 0.270. The molecule has 0 bridgehead atoms. The van der Waals surface area contributed by atoms with E-state index in [1.807, 2.05) is 24.3 Å². The summed E-state index contributed by atoms with van der Waals surface area (Å²) in [6.07, 6.45) is 5.89. The van der Waals surface area contributed by atoms with Crippen LogP contribution < -0.4 is 10.5 Å². The number of likely N-dealkylation sites (tertiary alicyclic amines) is 1. The van der Waals surface area contributed by atoms with E-state index in [9.17, 15) is 4.79 Å². The van der Waals surface area contributed by atoms with Crippen molar-refractivity contribution in [1.82, 2.24) is 4.90 Å². The third kappa shape index (κ3) is 4.38. The summed E-state index contributed by atoms with van der Waals surface area (Å²) in [5, 5.41) is 0. The molecule has 0 radical (unpaired) electrons. The fourth-order valence-corrected chi connectivity index (χ4v) is 2.91. The molecular weight excluding hydrogens is 264 g/mol. The summed E-state index contributed by atoms with van der Waals surface area (Å²) in [7, 11) is 0. The lowest BCUT2D eigenvalue weighted by Gasteiger charge is -2.35. The first-order valence-electron chi connectivity index (χ1n) is 7.99. The Morgan fingerprint density at radius 2 is 2.19 bits per heavy atom. The van der Waals surface area contributed by atoms with Crippen molar-refractivity contribution in [2.45, 2.75) is 51.5 Å². The number of nitrogens with two attached hydrogens (primary N) is 1. The Balaban J connectivity index is 1.73. The number of amides is 1. The zero-order valence-corrected chi connectivity index (χ0v) is 12.9. The number of piperidine rings is 1. The molecule has 1 saturated heterocycles. The van der Waals surface area contributed by atoms with Gasteiger partial charge in [0.05, 0.1) is 12.3 Å². The zero-order chi connectivity index (χ0) is 15.1. The maximum Gasteiger partial charge on any atom is 0.222 e. The van der Waals surface area contributed by atoms with Crippen LogP contribution >= 0.6 is 0 Å². The third-order valence-corrected chi connectivity index (χ3v) is 4.13. The number of nitrogens with zero attached hydrogens (tertiary/aromatic N) is 1. The fraction of sp³-hybridized carbons (Fsp3) is 0.588. The molecule has 4 heteroatoms. The third-order valence-electron chi connectivity index (χ3n) is 4.13. The Morgan fingerprint density at radius 3 is 2.95 bits per heavy atom. The van der Waals surface area contributed by atoms with E-state index in [1.54, 1.807) is 0 Å². The van der Waals surface area contributed by atoms with Crippen LogP contribution in [0, 0.1) is 0 Å². The van der Waals surface area contributed by atoms with Crippen molar-refractivity contribution in [3.8, 4) is 5.75 Å². The topological polar surface area (TPSA) is 55.6 Å². The van der Waals surface area contributed by atoms with Gasteiger partial charge in [0, 0.05) is 19.0 Å². The fourth-order valence-electron chi connectivity index (χ4n) is 2.91. The maximum absolute atomic E-state index is 12.3. The van der Waals surface area contributed by atoms with E-state index in [4.69, 9.17) is 10.5 Å². The molecule has 1 fully saturated rings. The number of carbonyl (C=O) groups is 1. The molecule has 1 aromatic carbocycles. The molecule has 0 saturated carbocycles. The summed E-state index contributed by atoms with van der Waals surface area (Å²) in [4.78, 5) is 14.4. The van der Waals surface area contributed by atoms with Gasteiger partial charge < -0.3 is 15.4 Å². The van der Waals surface area contributed by atoms with Crippen LogP contribution in [0.3, 0.4) is 0 Å². The van der Waals surface area contributed by atoms with Crippen LogP contribution in [0.2, 0.25) is 0 Å². The number of para-hydroxylation sites is 2. The van der Waals surface area contributed by atoms with Crippen LogP contribution in [0.1, 0.15) is 45.4 Å². The van der Waals surface area contributed by atoms with Crippen LogP contribution in [0.5, 0.6) is 5.75 Å². The summed E-state index contributed by atoms with van der Waals surface area (Å²) >= 11 is 0. The Labute approximate surface area is 127 Å². The molecule has 2 rings (SSSR count). The van der Waals surface area contributed by atoms with Crippen molar-refractivity contribution in [3.05, 3.63) is 24.3 Å². The molecule has 116 valence electrons. The van der Waals surface area contributed by atoms with Crippen molar-refractivity contribution in [3.63, 3.8) is 0 Å². The van der Waals surface area contributed by atoms with Crippen LogP contribution in [0.4, 0.5) is 5.69 Å². The number of ether oxygens (including phenoxy) is 1. The highest BCUT2D eigenvalue weighted by molar-refractivity contribution is 5.76. The number of nitrogen functional groups attached to an aromatic ring is 1. The van der Waals surface area contributed by atoms with Crippen LogP contribution in [-0.2, 0) is 4.79 Å². The predicted molar refractivity (Wildman–Crippen MR) is 85.2 cm³/mol. The van der Waals surface area contributed by atoms with Crippen molar-refractivity contribution in [2.75, 3.05) is 18.9 Å². The Kier molecular flexibility index (Phi) is 5.90. The summed E-state index contributed by atoms with van der Waals surface area (Å²) in [6, 6.07) is 7.90. The second-order valence-electron chi connectivity index (χ2n) is 5.63. The van der Waals surface area contributed by atoms with Crippen LogP contribution in [-0.4, -0.2) is 30.0 Å². The monoisotopic (exact) mass is 290 g/mol. The second kappa shape index (κ2) is 7.91. The first kappa shape index (κ1) is 15.7. The maximum atomic E-state index is 12.3. The van der Waals surface area contributed by atoms with Gasteiger partial charge in [0.15, 0.2) is 0 Å². The highest BCUT2D eigenvalue weighted by Gasteiger charge is 2.24. The molecule has 0 aliphatic carbocycles. The molecule has 1 aliphatic heterocycles. The van der Waals surface area contributed by atoms with E-state index in [0.29, 0.717) is 30.5 Å². The van der Waals surface area contributed by atoms with Gasteiger partial charge in [-0.3, -0.25) is 4.79 Å². The van der Waals surface area contributed by atoms with Gasteiger partial charge in [0.1, 0.15) is 5.75 Å².